The molecule has 1 saturated carbocycles. The average molecular weight is 459 g/mol. The lowest BCUT2D eigenvalue weighted by atomic mass is 9.94. The van der Waals surface area contributed by atoms with Gasteiger partial charge in [-0.3, -0.25) is 4.79 Å². The van der Waals surface area contributed by atoms with Gasteiger partial charge in [-0.15, -0.1) is 0 Å². The van der Waals surface area contributed by atoms with Crippen LogP contribution in [0, 0.1) is 0 Å². The second kappa shape index (κ2) is 11.1. The Balaban J connectivity index is 2.12. The Morgan fingerprint density at radius 1 is 1.07 bits per heavy atom. The lowest BCUT2D eigenvalue weighted by Crippen LogP contribution is -2.43. The maximum atomic E-state index is 12.7. The largest absolute Gasteiger partial charge is 0.452 e. The van der Waals surface area contributed by atoms with Crippen LogP contribution < -0.4 is 0 Å². The lowest BCUT2D eigenvalue weighted by Gasteiger charge is -2.33. The first-order chi connectivity index (χ1) is 14.3. The topological polar surface area (TPSA) is 84.0 Å². The average Bonchev–Trinajstić information content (AvgIpc) is 2.74. The summed E-state index contributed by atoms with van der Waals surface area (Å²) in [7, 11) is -3.75. The van der Waals surface area contributed by atoms with Crippen molar-refractivity contribution in [3.05, 3.63) is 28.8 Å². The SMILES string of the molecule is CCN(C(=O)COC(=O)c1cc(S(=O)(=O)N(CC)CC)ccc1Cl)C1CCCCC1. The van der Waals surface area contributed by atoms with Crippen LogP contribution in [0.4, 0.5) is 0 Å². The molecular formula is C21H31ClN2O5S. The van der Waals surface area contributed by atoms with E-state index in [0.717, 1.165) is 25.7 Å². The summed E-state index contributed by atoms with van der Waals surface area (Å²) in [4.78, 5) is 26.9. The smallest absolute Gasteiger partial charge is 0.340 e. The number of likely N-dealkylation sites (N-methyl/N-ethyl adjacent to an activating group) is 1. The number of nitrogens with zero attached hydrogens (tertiary/aromatic N) is 2. The number of hydrogen-bond acceptors (Lipinski definition) is 5. The Labute approximate surface area is 184 Å². The van der Waals surface area contributed by atoms with E-state index in [-0.39, 0.29) is 27.4 Å². The molecule has 0 saturated heterocycles. The third-order valence-corrected chi connectivity index (χ3v) is 7.88. The second-order valence-electron chi connectivity index (χ2n) is 7.28. The highest BCUT2D eigenvalue weighted by atomic mass is 35.5. The zero-order valence-electron chi connectivity index (χ0n) is 17.9. The van der Waals surface area contributed by atoms with Gasteiger partial charge in [0.05, 0.1) is 15.5 Å². The van der Waals surface area contributed by atoms with Gasteiger partial charge in [-0.05, 0) is 38.0 Å². The first-order valence-corrected chi connectivity index (χ1v) is 12.3. The number of halogens is 1. The van der Waals surface area contributed by atoms with Crippen molar-refractivity contribution in [2.45, 2.75) is 63.8 Å². The van der Waals surface area contributed by atoms with Gasteiger partial charge >= 0.3 is 5.97 Å². The summed E-state index contributed by atoms with van der Waals surface area (Å²) in [6, 6.07) is 4.11. The summed E-state index contributed by atoms with van der Waals surface area (Å²) in [5.41, 5.74) is -0.0709. The van der Waals surface area contributed by atoms with Crippen LogP contribution in [0.5, 0.6) is 0 Å². The highest BCUT2D eigenvalue weighted by molar-refractivity contribution is 7.89. The summed E-state index contributed by atoms with van der Waals surface area (Å²) < 4.78 is 31.9. The standard InChI is InChI=1S/C21H31ClN2O5S/c1-4-23(5-2)30(27,28)17-12-13-19(22)18(14-17)21(26)29-15-20(25)24(6-3)16-10-8-7-9-11-16/h12-14,16H,4-11,15H2,1-3H3. The minimum atomic E-state index is -3.75. The van der Waals surface area contributed by atoms with Gasteiger partial charge in [-0.25, -0.2) is 13.2 Å². The van der Waals surface area contributed by atoms with Crippen LogP contribution in [0.1, 0.15) is 63.2 Å². The van der Waals surface area contributed by atoms with E-state index < -0.39 is 22.6 Å². The fraction of sp³-hybridized carbons (Fsp3) is 0.619. The number of benzene rings is 1. The van der Waals surface area contributed by atoms with Crippen LogP contribution in [-0.2, 0) is 19.6 Å². The van der Waals surface area contributed by atoms with Crippen LogP contribution in [0.2, 0.25) is 5.02 Å². The predicted molar refractivity (Wildman–Crippen MR) is 116 cm³/mol. The van der Waals surface area contributed by atoms with Gasteiger partial charge in [-0.2, -0.15) is 4.31 Å². The molecule has 0 aromatic heterocycles. The molecule has 168 valence electrons. The molecule has 1 aliphatic carbocycles. The summed E-state index contributed by atoms with van der Waals surface area (Å²) in [6.45, 7) is 6.17. The first kappa shape index (κ1) is 24.6. The Hall–Kier alpha value is -1.64. The number of rotatable bonds is 9. The molecular weight excluding hydrogens is 428 g/mol. The molecule has 0 radical (unpaired) electrons. The van der Waals surface area contributed by atoms with Gasteiger partial charge in [0.25, 0.3) is 5.91 Å². The van der Waals surface area contributed by atoms with Crippen molar-refractivity contribution in [1.29, 1.82) is 0 Å². The summed E-state index contributed by atoms with van der Waals surface area (Å²) in [6.07, 6.45) is 5.30. The van der Waals surface area contributed by atoms with Crippen LogP contribution in [0.3, 0.4) is 0 Å². The van der Waals surface area contributed by atoms with Gasteiger partial charge in [-0.1, -0.05) is 44.7 Å². The molecule has 2 rings (SSSR count). The van der Waals surface area contributed by atoms with E-state index >= 15 is 0 Å². The Bertz CT molecular complexity index is 849. The van der Waals surface area contributed by atoms with Gasteiger partial charge < -0.3 is 9.64 Å². The minimum absolute atomic E-state index is 0.0359. The molecule has 0 heterocycles. The Morgan fingerprint density at radius 2 is 1.70 bits per heavy atom. The molecule has 1 amide bonds. The molecule has 0 bridgehead atoms. The van der Waals surface area contributed by atoms with Gasteiger partial charge in [0.1, 0.15) is 0 Å². The van der Waals surface area contributed by atoms with Gasteiger partial charge in [0.2, 0.25) is 10.0 Å². The van der Waals surface area contributed by atoms with Crippen molar-refractivity contribution in [2.75, 3.05) is 26.2 Å². The third kappa shape index (κ3) is 5.74. The summed E-state index contributed by atoms with van der Waals surface area (Å²) in [5, 5.41) is 0.0746. The van der Waals surface area contributed by atoms with Crippen LogP contribution in [0.25, 0.3) is 0 Å². The monoisotopic (exact) mass is 458 g/mol. The molecule has 9 heteroatoms. The number of carbonyl (C=O) groups excluding carboxylic acids is 2. The predicted octanol–water partition coefficient (Wildman–Crippen LogP) is 3.71. The molecule has 0 unspecified atom stereocenters. The van der Waals surface area contributed by atoms with E-state index in [0.29, 0.717) is 19.6 Å². The van der Waals surface area contributed by atoms with E-state index in [9.17, 15) is 18.0 Å². The number of ether oxygens (including phenoxy) is 1. The van der Waals surface area contributed by atoms with Crippen LogP contribution >= 0.6 is 11.6 Å². The van der Waals surface area contributed by atoms with Crippen LogP contribution in [0.15, 0.2) is 23.1 Å². The van der Waals surface area contributed by atoms with Gasteiger partial charge in [0, 0.05) is 25.7 Å². The van der Waals surface area contributed by atoms with Crippen molar-refractivity contribution in [3.8, 4) is 0 Å². The molecule has 0 atom stereocenters. The highest BCUT2D eigenvalue weighted by Gasteiger charge is 2.27. The number of hydrogen-bond donors (Lipinski definition) is 0. The highest BCUT2D eigenvalue weighted by Crippen LogP contribution is 2.25. The quantitative estimate of drug-likeness (QED) is 0.526. The molecule has 7 nitrogen and oxygen atoms in total. The second-order valence-corrected chi connectivity index (χ2v) is 9.62. The van der Waals surface area contributed by atoms with Crippen molar-refractivity contribution in [1.82, 2.24) is 9.21 Å². The molecule has 30 heavy (non-hydrogen) atoms. The molecule has 0 N–H and O–H groups in total. The Morgan fingerprint density at radius 3 is 2.27 bits per heavy atom. The summed E-state index contributed by atoms with van der Waals surface area (Å²) in [5.74, 6) is -1.06. The number of amides is 1. The number of esters is 1. The van der Waals surface area contributed by atoms with E-state index in [1.54, 1.807) is 18.7 Å². The first-order valence-electron chi connectivity index (χ1n) is 10.5. The Kier molecular flexibility index (Phi) is 9.12. The zero-order valence-corrected chi connectivity index (χ0v) is 19.5. The third-order valence-electron chi connectivity index (χ3n) is 5.50. The number of carbonyl (C=O) groups is 2. The van der Waals surface area contributed by atoms with Crippen molar-refractivity contribution >= 4 is 33.5 Å². The minimum Gasteiger partial charge on any atom is -0.452 e. The lowest BCUT2D eigenvalue weighted by molar-refractivity contribution is -0.137. The van der Waals surface area contributed by atoms with Crippen LogP contribution in [-0.4, -0.2) is 61.8 Å². The maximum Gasteiger partial charge on any atom is 0.340 e. The van der Waals surface area contributed by atoms with E-state index in [2.05, 4.69) is 0 Å². The fourth-order valence-corrected chi connectivity index (χ4v) is 5.53. The fourth-order valence-electron chi connectivity index (χ4n) is 3.85. The van der Waals surface area contributed by atoms with E-state index in [1.165, 1.54) is 28.9 Å². The molecule has 1 aliphatic rings. The zero-order chi connectivity index (χ0) is 22.3. The van der Waals surface area contributed by atoms with Gasteiger partial charge in [0.15, 0.2) is 6.61 Å². The summed E-state index contributed by atoms with van der Waals surface area (Å²) >= 11 is 6.11. The van der Waals surface area contributed by atoms with E-state index in [1.807, 2.05) is 6.92 Å². The number of sulfonamides is 1. The maximum absolute atomic E-state index is 12.7. The molecule has 0 aliphatic heterocycles. The molecule has 1 aromatic rings. The van der Waals surface area contributed by atoms with Crippen molar-refractivity contribution in [2.24, 2.45) is 0 Å². The molecule has 0 spiro atoms. The molecule has 1 fully saturated rings. The van der Waals surface area contributed by atoms with E-state index in [4.69, 9.17) is 16.3 Å². The van der Waals surface area contributed by atoms with Crippen molar-refractivity contribution < 1.29 is 22.7 Å². The molecule has 1 aromatic carbocycles. The normalized spacial score (nSPS) is 15.2. The van der Waals surface area contributed by atoms with Crippen molar-refractivity contribution in [3.63, 3.8) is 0 Å².